The lowest BCUT2D eigenvalue weighted by atomic mass is 9.76. The van der Waals surface area contributed by atoms with Crippen LogP contribution >= 0.6 is 11.6 Å². The lowest BCUT2D eigenvalue weighted by Crippen LogP contribution is -2.30. The molecule has 27 heavy (non-hydrogen) atoms. The molecule has 0 spiro atoms. The average molecular weight is 385 g/mol. The fourth-order valence-corrected chi connectivity index (χ4v) is 4.28. The average Bonchev–Trinajstić information content (AvgIpc) is 3.16. The van der Waals surface area contributed by atoms with Gasteiger partial charge in [0.1, 0.15) is 5.02 Å². The molecule has 3 atom stereocenters. The molecule has 1 N–H and O–H groups in total. The van der Waals surface area contributed by atoms with Crippen LogP contribution in [0.2, 0.25) is 5.02 Å². The number of benzene rings is 2. The fourth-order valence-electron chi connectivity index (χ4n) is 4.09. The smallest absolute Gasteiger partial charge is 0.339 e. The van der Waals surface area contributed by atoms with Crippen molar-refractivity contribution in [2.24, 2.45) is 5.92 Å². The number of para-hydroxylation sites is 1. The lowest BCUT2D eigenvalue weighted by Gasteiger charge is -2.38. The summed E-state index contributed by atoms with van der Waals surface area (Å²) in [5.74, 6) is -0.0858. The monoisotopic (exact) mass is 384 g/mol. The van der Waals surface area contributed by atoms with Gasteiger partial charge in [0.25, 0.3) is 5.69 Å². The predicted octanol–water partition coefficient (Wildman–Crippen LogP) is 4.86. The number of nitro benzene ring substituents is 1. The van der Waals surface area contributed by atoms with Gasteiger partial charge >= 0.3 is 5.97 Å². The molecule has 1 heterocycles. The van der Waals surface area contributed by atoms with E-state index in [1.54, 1.807) is 18.2 Å². The number of methoxy groups -OCH3 is 1. The van der Waals surface area contributed by atoms with Gasteiger partial charge in [0.2, 0.25) is 0 Å². The molecule has 0 amide bonds. The number of ether oxygens (including phenoxy) is 1. The number of nitrogens with one attached hydrogen (secondary N) is 1. The first-order chi connectivity index (χ1) is 13.0. The zero-order chi connectivity index (χ0) is 19.1. The molecule has 2 aliphatic rings. The van der Waals surface area contributed by atoms with E-state index in [1.165, 1.54) is 13.2 Å². The summed E-state index contributed by atoms with van der Waals surface area (Å²) in [7, 11) is 1.35. The van der Waals surface area contributed by atoms with Crippen LogP contribution in [0, 0.1) is 16.0 Å². The number of nitrogens with zero attached hydrogens (tertiary/aromatic N) is 1. The molecule has 2 aromatic rings. The number of halogens is 1. The molecule has 138 valence electrons. The number of rotatable bonds is 3. The zero-order valence-electron chi connectivity index (χ0n) is 14.5. The third kappa shape index (κ3) is 2.86. The SMILES string of the molecule is COC(=O)c1cccc2c1N[C@H](c1ccc(Cl)c([N+](=O)[O-])c1)[C@@H]1CC=C[C@H]21. The van der Waals surface area contributed by atoms with Crippen molar-refractivity contribution in [1.82, 2.24) is 0 Å². The maximum atomic E-state index is 12.2. The van der Waals surface area contributed by atoms with Gasteiger partial charge < -0.3 is 10.1 Å². The molecule has 7 heteroatoms. The molecule has 0 fully saturated rings. The standard InChI is InChI=1S/C20H17ClN2O4/c1-27-20(24)15-7-3-6-14-12-4-2-5-13(12)18(22-19(14)15)11-8-9-16(21)17(10-11)23(25)26/h2-4,6-10,12-13,18,22H,5H2,1H3/t12-,13+,18+/m0/s1. The van der Waals surface area contributed by atoms with Crippen molar-refractivity contribution >= 4 is 28.9 Å². The number of carbonyl (C=O) groups excluding carboxylic acids is 1. The second-order valence-corrected chi connectivity index (χ2v) is 7.11. The van der Waals surface area contributed by atoms with Gasteiger partial charge in [-0.2, -0.15) is 0 Å². The topological polar surface area (TPSA) is 81.5 Å². The number of hydrogen-bond acceptors (Lipinski definition) is 5. The van der Waals surface area contributed by atoms with Gasteiger partial charge in [-0.05, 0) is 35.6 Å². The normalized spacial score (nSPS) is 22.5. The molecule has 0 aromatic heterocycles. The Morgan fingerprint density at radius 3 is 2.89 bits per heavy atom. The molecule has 1 aliphatic heterocycles. The van der Waals surface area contributed by atoms with Crippen LogP contribution < -0.4 is 5.32 Å². The summed E-state index contributed by atoms with van der Waals surface area (Å²) in [6.45, 7) is 0. The highest BCUT2D eigenvalue weighted by atomic mass is 35.5. The zero-order valence-corrected chi connectivity index (χ0v) is 15.3. The van der Waals surface area contributed by atoms with E-state index in [2.05, 4.69) is 17.5 Å². The van der Waals surface area contributed by atoms with Crippen molar-refractivity contribution in [3.05, 3.63) is 80.4 Å². The summed E-state index contributed by atoms with van der Waals surface area (Å²) in [4.78, 5) is 23.0. The third-order valence-electron chi connectivity index (χ3n) is 5.33. The summed E-state index contributed by atoms with van der Waals surface area (Å²) in [6, 6.07) is 10.3. The van der Waals surface area contributed by atoms with E-state index >= 15 is 0 Å². The van der Waals surface area contributed by atoms with Crippen LogP contribution in [0.5, 0.6) is 0 Å². The first-order valence-corrected chi connectivity index (χ1v) is 8.97. The summed E-state index contributed by atoms with van der Waals surface area (Å²) >= 11 is 5.97. The van der Waals surface area contributed by atoms with Crippen LogP contribution in [0.1, 0.15) is 39.9 Å². The molecule has 2 aromatic carbocycles. The van der Waals surface area contributed by atoms with Crippen molar-refractivity contribution in [2.45, 2.75) is 18.4 Å². The van der Waals surface area contributed by atoms with Gasteiger partial charge in [0.15, 0.2) is 0 Å². The van der Waals surface area contributed by atoms with E-state index in [0.29, 0.717) is 5.56 Å². The number of anilines is 1. The van der Waals surface area contributed by atoms with Crippen molar-refractivity contribution in [1.29, 1.82) is 0 Å². The maximum absolute atomic E-state index is 12.2. The van der Waals surface area contributed by atoms with E-state index in [9.17, 15) is 14.9 Å². The Morgan fingerprint density at radius 2 is 2.15 bits per heavy atom. The van der Waals surface area contributed by atoms with Crippen molar-refractivity contribution < 1.29 is 14.5 Å². The van der Waals surface area contributed by atoms with Crippen molar-refractivity contribution in [2.75, 3.05) is 12.4 Å². The Bertz CT molecular complexity index is 972. The third-order valence-corrected chi connectivity index (χ3v) is 5.65. The maximum Gasteiger partial charge on any atom is 0.339 e. The Balaban J connectivity index is 1.83. The number of carbonyl (C=O) groups is 1. The second-order valence-electron chi connectivity index (χ2n) is 6.70. The van der Waals surface area contributed by atoms with E-state index in [0.717, 1.165) is 23.2 Å². The van der Waals surface area contributed by atoms with Gasteiger partial charge in [-0.1, -0.05) is 42.0 Å². The number of allylic oxidation sites excluding steroid dienone is 2. The minimum Gasteiger partial charge on any atom is -0.465 e. The summed E-state index contributed by atoms with van der Waals surface area (Å²) in [5.41, 5.74) is 2.87. The Hall–Kier alpha value is -2.86. The van der Waals surface area contributed by atoms with Gasteiger partial charge in [-0.15, -0.1) is 0 Å². The predicted molar refractivity (Wildman–Crippen MR) is 102 cm³/mol. The molecule has 0 unspecified atom stereocenters. The van der Waals surface area contributed by atoms with E-state index in [-0.39, 0.29) is 28.6 Å². The number of esters is 1. The molecule has 6 nitrogen and oxygen atoms in total. The molecule has 4 rings (SSSR count). The Labute approximate surface area is 160 Å². The molecule has 1 aliphatic carbocycles. The van der Waals surface area contributed by atoms with Gasteiger partial charge in [0.05, 0.1) is 29.3 Å². The van der Waals surface area contributed by atoms with Crippen LogP contribution in [-0.2, 0) is 4.74 Å². The largest absolute Gasteiger partial charge is 0.465 e. The minimum atomic E-state index is -0.479. The molecule has 0 saturated carbocycles. The molecule has 0 radical (unpaired) electrons. The fraction of sp³-hybridized carbons (Fsp3) is 0.250. The highest BCUT2D eigenvalue weighted by Crippen LogP contribution is 2.51. The Morgan fingerprint density at radius 1 is 1.33 bits per heavy atom. The molecule has 0 bridgehead atoms. The van der Waals surface area contributed by atoms with Gasteiger partial charge in [-0.25, -0.2) is 4.79 Å². The van der Waals surface area contributed by atoms with E-state index in [4.69, 9.17) is 16.3 Å². The quantitative estimate of drug-likeness (QED) is 0.353. The number of nitro groups is 1. The highest BCUT2D eigenvalue weighted by Gasteiger charge is 2.39. The first-order valence-electron chi connectivity index (χ1n) is 8.59. The number of hydrogen-bond donors (Lipinski definition) is 1. The van der Waals surface area contributed by atoms with Gasteiger partial charge in [-0.3, -0.25) is 10.1 Å². The summed E-state index contributed by atoms with van der Waals surface area (Å²) in [6.07, 6.45) is 5.11. The lowest BCUT2D eigenvalue weighted by molar-refractivity contribution is -0.384. The molecular weight excluding hydrogens is 368 g/mol. The Kier molecular flexibility index (Phi) is 4.36. The van der Waals surface area contributed by atoms with Crippen LogP contribution in [0.25, 0.3) is 0 Å². The van der Waals surface area contributed by atoms with Crippen LogP contribution in [0.15, 0.2) is 48.6 Å². The minimum absolute atomic E-state index is 0.108. The van der Waals surface area contributed by atoms with Crippen LogP contribution in [0.4, 0.5) is 11.4 Å². The first kappa shape index (κ1) is 17.5. The van der Waals surface area contributed by atoms with E-state index in [1.807, 2.05) is 12.1 Å². The summed E-state index contributed by atoms with van der Waals surface area (Å²) in [5, 5.41) is 14.8. The molecule has 0 saturated heterocycles. The molecular formula is C20H17ClN2O4. The second kappa shape index (κ2) is 6.70. The van der Waals surface area contributed by atoms with Crippen LogP contribution in [-0.4, -0.2) is 18.0 Å². The van der Waals surface area contributed by atoms with E-state index < -0.39 is 10.9 Å². The highest BCUT2D eigenvalue weighted by molar-refractivity contribution is 6.32. The summed E-state index contributed by atoms with van der Waals surface area (Å²) < 4.78 is 4.92. The van der Waals surface area contributed by atoms with Crippen molar-refractivity contribution in [3.8, 4) is 0 Å². The number of fused-ring (bicyclic) bond motifs is 3. The van der Waals surface area contributed by atoms with Crippen molar-refractivity contribution in [3.63, 3.8) is 0 Å². The van der Waals surface area contributed by atoms with Gasteiger partial charge in [0, 0.05) is 12.0 Å². The van der Waals surface area contributed by atoms with Crippen LogP contribution in [0.3, 0.4) is 0 Å².